The number of benzene rings is 2. The number of oxazole rings is 1. The molecule has 0 aliphatic heterocycles. The second-order valence-electron chi connectivity index (χ2n) is 5.31. The molecule has 0 fully saturated rings. The molecule has 0 atom stereocenters. The van der Waals surface area contributed by atoms with Crippen molar-refractivity contribution in [1.82, 2.24) is 4.98 Å². The Labute approximate surface area is 137 Å². The van der Waals surface area contributed by atoms with E-state index < -0.39 is 15.7 Å². The van der Waals surface area contributed by atoms with Crippen molar-refractivity contribution in [3.63, 3.8) is 0 Å². The van der Waals surface area contributed by atoms with Crippen LogP contribution in [0.5, 0.6) is 0 Å². The quantitative estimate of drug-likeness (QED) is 0.704. The number of rotatable bonds is 5. The van der Waals surface area contributed by atoms with E-state index in [-0.39, 0.29) is 28.9 Å². The molecule has 7 heteroatoms. The maximum Gasteiger partial charge on any atom is 0.226 e. The van der Waals surface area contributed by atoms with Crippen LogP contribution in [0.2, 0.25) is 0 Å². The number of nitrogens with zero attached hydrogens (tertiary/aromatic N) is 1. The molecule has 0 bridgehead atoms. The minimum Gasteiger partial charge on any atom is -0.444 e. The van der Waals surface area contributed by atoms with E-state index in [4.69, 9.17) is 4.42 Å². The van der Waals surface area contributed by atoms with Gasteiger partial charge in [-0.3, -0.25) is 0 Å². The maximum absolute atomic E-state index is 12.9. The first-order valence-electron chi connectivity index (χ1n) is 7.06. The van der Waals surface area contributed by atoms with E-state index in [1.807, 2.05) is 0 Å². The second kappa shape index (κ2) is 6.52. The highest BCUT2D eigenvalue weighted by Gasteiger charge is 2.17. The second-order valence-corrected chi connectivity index (χ2v) is 7.37. The first-order valence-corrected chi connectivity index (χ1v) is 8.89. The predicted molar refractivity (Wildman–Crippen MR) is 84.6 cm³/mol. The lowest BCUT2D eigenvalue weighted by atomic mass is 10.2. The Kier molecular flexibility index (Phi) is 4.44. The first-order chi connectivity index (χ1) is 11.4. The smallest absolute Gasteiger partial charge is 0.226 e. The Morgan fingerprint density at radius 2 is 1.46 bits per heavy atom. The third kappa shape index (κ3) is 4.05. The number of halogens is 2. The lowest BCUT2D eigenvalue weighted by Crippen LogP contribution is -2.08. The molecule has 0 aliphatic rings. The number of hydrogen-bond donors (Lipinski definition) is 0. The molecule has 3 rings (SSSR count). The molecule has 2 aromatic carbocycles. The lowest BCUT2D eigenvalue weighted by Gasteiger charge is -2.02. The van der Waals surface area contributed by atoms with E-state index in [2.05, 4.69) is 4.98 Å². The van der Waals surface area contributed by atoms with Gasteiger partial charge < -0.3 is 4.42 Å². The number of sulfone groups is 1. The SMILES string of the molecule is O=S(=O)(Cc1ccc(F)cc1)Cc1coc(-c2ccc(F)cc2)n1. The number of aromatic nitrogens is 1. The molecule has 0 saturated carbocycles. The predicted octanol–water partition coefficient (Wildman–Crippen LogP) is 3.73. The van der Waals surface area contributed by atoms with E-state index in [9.17, 15) is 17.2 Å². The summed E-state index contributed by atoms with van der Waals surface area (Å²) in [5, 5.41) is 0. The van der Waals surface area contributed by atoms with Crippen LogP contribution < -0.4 is 0 Å². The monoisotopic (exact) mass is 349 g/mol. The van der Waals surface area contributed by atoms with Crippen molar-refractivity contribution in [3.8, 4) is 11.5 Å². The van der Waals surface area contributed by atoms with Crippen molar-refractivity contribution in [2.75, 3.05) is 0 Å². The summed E-state index contributed by atoms with van der Waals surface area (Å²) < 4.78 is 55.5. The standard InChI is InChI=1S/C17H13F2NO3S/c18-14-5-1-12(2-6-14)10-24(21,22)11-16-9-23-17(20-16)13-3-7-15(19)8-4-13/h1-9H,10-11H2. The summed E-state index contributed by atoms with van der Waals surface area (Å²) in [6.45, 7) is 0. The normalized spacial score (nSPS) is 11.6. The molecule has 1 heterocycles. The van der Waals surface area contributed by atoms with E-state index in [1.165, 1.54) is 54.8 Å². The Bertz CT molecular complexity index is 933. The molecule has 3 aromatic rings. The molecule has 124 valence electrons. The van der Waals surface area contributed by atoms with E-state index in [1.54, 1.807) is 0 Å². The molecule has 0 N–H and O–H groups in total. The Balaban J connectivity index is 1.73. The average Bonchev–Trinajstić information content (AvgIpc) is 2.98. The molecule has 0 aliphatic carbocycles. The summed E-state index contributed by atoms with van der Waals surface area (Å²) in [5.41, 5.74) is 1.31. The van der Waals surface area contributed by atoms with Crippen LogP contribution in [0.25, 0.3) is 11.5 Å². The third-order valence-corrected chi connectivity index (χ3v) is 4.82. The highest BCUT2D eigenvalue weighted by Crippen LogP contribution is 2.20. The van der Waals surface area contributed by atoms with Gasteiger partial charge in [0.15, 0.2) is 9.84 Å². The van der Waals surface area contributed by atoms with Gasteiger partial charge in [-0.25, -0.2) is 22.2 Å². The van der Waals surface area contributed by atoms with Crippen molar-refractivity contribution in [3.05, 3.63) is 77.7 Å². The van der Waals surface area contributed by atoms with Crippen LogP contribution >= 0.6 is 0 Å². The molecular formula is C17H13F2NO3S. The zero-order valence-electron chi connectivity index (χ0n) is 12.4. The molecule has 0 unspecified atom stereocenters. The highest BCUT2D eigenvalue weighted by molar-refractivity contribution is 7.89. The van der Waals surface area contributed by atoms with Crippen LogP contribution in [0, 0.1) is 11.6 Å². The minimum absolute atomic E-state index is 0.216. The van der Waals surface area contributed by atoms with Gasteiger partial charge in [0.25, 0.3) is 0 Å². The van der Waals surface area contributed by atoms with Crippen LogP contribution in [-0.4, -0.2) is 13.4 Å². The van der Waals surface area contributed by atoms with Crippen LogP contribution in [0.1, 0.15) is 11.3 Å². The Hall–Kier alpha value is -2.54. The maximum atomic E-state index is 12.9. The molecule has 24 heavy (non-hydrogen) atoms. The van der Waals surface area contributed by atoms with Crippen molar-refractivity contribution < 1.29 is 21.6 Å². The summed E-state index contributed by atoms with van der Waals surface area (Å²) in [7, 11) is -3.48. The van der Waals surface area contributed by atoms with Crippen LogP contribution in [0.15, 0.2) is 59.2 Å². The van der Waals surface area contributed by atoms with Crippen molar-refractivity contribution in [2.24, 2.45) is 0 Å². The fraction of sp³-hybridized carbons (Fsp3) is 0.118. The van der Waals surface area contributed by atoms with Gasteiger partial charge in [-0.05, 0) is 42.0 Å². The first kappa shape index (κ1) is 16.3. The molecule has 1 aromatic heterocycles. The van der Waals surface area contributed by atoms with E-state index >= 15 is 0 Å². The summed E-state index contributed by atoms with van der Waals surface area (Å²) in [6, 6.07) is 10.8. The summed E-state index contributed by atoms with van der Waals surface area (Å²) >= 11 is 0. The molecule has 0 amide bonds. The topological polar surface area (TPSA) is 60.2 Å². The highest BCUT2D eigenvalue weighted by atomic mass is 32.2. The Morgan fingerprint density at radius 3 is 2.08 bits per heavy atom. The van der Waals surface area contributed by atoms with E-state index in [0.29, 0.717) is 11.1 Å². The fourth-order valence-corrected chi connectivity index (χ4v) is 3.59. The van der Waals surface area contributed by atoms with Crippen LogP contribution in [0.4, 0.5) is 8.78 Å². The molecule has 4 nitrogen and oxygen atoms in total. The van der Waals surface area contributed by atoms with Gasteiger partial charge in [0.1, 0.15) is 17.9 Å². The van der Waals surface area contributed by atoms with Gasteiger partial charge in [0.2, 0.25) is 5.89 Å². The molecular weight excluding hydrogens is 336 g/mol. The Morgan fingerprint density at radius 1 is 0.875 bits per heavy atom. The molecule has 0 radical (unpaired) electrons. The summed E-state index contributed by atoms with van der Waals surface area (Å²) in [4.78, 5) is 4.12. The summed E-state index contributed by atoms with van der Waals surface area (Å²) in [6.07, 6.45) is 1.26. The lowest BCUT2D eigenvalue weighted by molar-refractivity contribution is 0.571. The van der Waals surface area contributed by atoms with Gasteiger partial charge in [-0.2, -0.15) is 0 Å². The van der Waals surface area contributed by atoms with Crippen LogP contribution in [0.3, 0.4) is 0 Å². The largest absolute Gasteiger partial charge is 0.444 e. The minimum atomic E-state index is -3.48. The average molecular weight is 349 g/mol. The van der Waals surface area contributed by atoms with Gasteiger partial charge in [0, 0.05) is 5.56 Å². The van der Waals surface area contributed by atoms with Gasteiger partial charge in [0.05, 0.1) is 17.2 Å². The summed E-state index contributed by atoms with van der Waals surface area (Å²) in [5.74, 6) is -1.09. The zero-order chi connectivity index (χ0) is 17.2. The van der Waals surface area contributed by atoms with Gasteiger partial charge >= 0.3 is 0 Å². The number of hydrogen-bond acceptors (Lipinski definition) is 4. The molecule has 0 spiro atoms. The van der Waals surface area contributed by atoms with Crippen molar-refractivity contribution >= 4 is 9.84 Å². The third-order valence-electron chi connectivity index (χ3n) is 3.31. The van der Waals surface area contributed by atoms with Gasteiger partial charge in [-0.1, -0.05) is 12.1 Å². The van der Waals surface area contributed by atoms with Crippen LogP contribution in [-0.2, 0) is 21.3 Å². The van der Waals surface area contributed by atoms with E-state index in [0.717, 1.165) is 0 Å². The molecule has 0 saturated heterocycles. The zero-order valence-corrected chi connectivity index (χ0v) is 13.3. The van der Waals surface area contributed by atoms with Gasteiger partial charge in [-0.15, -0.1) is 0 Å². The fourth-order valence-electron chi connectivity index (χ4n) is 2.21. The van der Waals surface area contributed by atoms with Crippen molar-refractivity contribution in [2.45, 2.75) is 11.5 Å². The van der Waals surface area contributed by atoms with Crippen molar-refractivity contribution in [1.29, 1.82) is 0 Å².